The van der Waals surface area contributed by atoms with Crippen molar-refractivity contribution < 1.29 is 14.3 Å². The number of hydrogen-bond donors (Lipinski definition) is 2. The number of carbonyl (C=O) groups is 2. The highest BCUT2D eigenvalue weighted by molar-refractivity contribution is 7.13. The molecule has 1 aliphatic rings. The van der Waals surface area contributed by atoms with Crippen LogP contribution in [0.3, 0.4) is 0 Å². The molecule has 1 aromatic carbocycles. The average molecular weight is 465 g/mol. The summed E-state index contributed by atoms with van der Waals surface area (Å²) in [4.78, 5) is 32.3. The Kier molecular flexibility index (Phi) is 8.05. The van der Waals surface area contributed by atoms with E-state index in [-0.39, 0.29) is 29.9 Å². The van der Waals surface area contributed by atoms with Gasteiger partial charge in [0.25, 0.3) is 5.91 Å². The Morgan fingerprint density at radius 3 is 2.48 bits per heavy atom. The van der Waals surface area contributed by atoms with Gasteiger partial charge in [-0.25, -0.2) is 4.98 Å². The van der Waals surface area contributed by atoms with Crippen molar-refractivity contribution in [3.05, 3.63) is 45.9 Å². The van der Waals surface area contributed by atoms with E-state index in [1.165, 1.54) is 11.3 Å². The first-order chi connectivity index (χ1) is 14.7. The molecule has 0 radical (unpaired) electrons. The quantitative estimate of drug-likeness (QED) is 0.651. The van der Waals surface area contributed by atoms with Crippen LogP contribution in [0, 0.1) is 5.92 Å². The lowest BCUT2D eigenvalue weighted by atomic mass is 10.0. The van der Waals surface area contributed by atoms with Crippen LogP contribution in [-0.2, 0) is 16.1 Å². The molecule has 168 valence electrons. The standard InChI is InChI=1S/C22H29ClN4O3S/c1-13(2)19(25-20(28)16-5-7-17(23)8-6-16)21(29)26-22-24-18(12-31-22)11-27-9-14(3)30-15(4)10-27/h5-8,12-15,19H,9-11H2,1-4H3,(H,25,28)(H,24,26,29)/t14-,15+,19-/m1/s1. The maximum absolute atomic E-state index is 12.9. The van der Waals surface area contributed by atoms with Crippen molar-refractivity contribution in [1.29, 1.82) is 0 Å². The minimum absolute atomic E-state index is 0.0907. The fourth-order valence-electron chi connectivity index (χ4n) is 3.62. The summed E-state index contributed by atoms with van der Waals surface area (Å²) in [5.41, 5.74) is 1.36. The Morgan fingerprint density at radius 1 is 1.23 bits per heavy atom. The number of carbonyl (C=O) groups excluding carboxylic acids is 2. The number of morpholine rings is 1. The Hall–Kier alpha value is -2.00. The second-order valence-corrected chi connectivity index (χ2v) is 9.58. The largest absolute Gasteiger partial charge is 0.373 e. The van der Waals surface area contributed by atoms with Crippen LogP contribution in [0.4, 0.5) is 5.13 Å². The lowest BCUT2D eigenvalue weighted by Gasteiger charge is -2.34. The van der Waals surface area contributed by atoms with Gasteiger partial charge in [-0.05, 0) is 44.0 Å². The summed E-state index contributed by atoms with van der Waals surface area (Å²) in [5.74, 6) is -0.695. The van der Waals surface area contributed by atoms with Crippen molar-refractivity contribution in [2.45, 2.75) is 52.5 Å². The number of ether oxygens (including phenoxy) is 1. The van der Waals surface area contributed by atoms with Gasteiger partial charge in [0.1, 0.15) is 6.04 Å². The van der Waals surface area contributed by atoms with Gasteiger partial charge in [-0.1, -0.05) is 25.4 Å². The first-order valence-electron chi connectivity index (χ1n) is 10.4. The molecular formula is C22H29ClN4O3S. The molecule has 1 fully saturated rings. The summed E-state index contributed by atoms with van der Waals surface area (Å²) in [6.07, 6.45) is 0.384. The van der Waals surface area contributed by atoms with Gasteiger partial charge >= 0.3 is 0 Å². The van der Waals surface area contributed by atoms with Gasteiger partial charge in [-0.15, -0.1) is 11.3 Å². The molecule has 2 heterocycles. The molecule has 1 saturated heterocycles. The summed E-state index contributed by atoms with van der Waals surface area (Å²) >= 11 is 7.27. The van der Waals surface area contributed by atoms with Crippen LogP contribution in [-0.4, -0.2) is 53.0 Å². The molecule has 7 nitrogen and oxygen atoms in total. The number of amides is 2. The molecule has 2 aromatic rings. The lowest BCUT2D eigenvalue weighted by molar-refractivity contribution is -0.118. The minimum Gasteiger partial charge on any atom is -0.373 e. The van der Waals surface area contributed by atoms with Crippen LogP contribution in [0.2, 0.25) is 5.02 Å². The third kappa shape index (κ3) is 6.74. The zero-order valence-electron chi connectivity index (χ0n) is 18.2. The van der Waals surface area contributed by atoms with Crippen LogP contribution in [0.25, 0.3) is 0 Å². The minimum atomic E-state index is -0.684. The van der Waals surface area contributed by atoms with Gasteiger partial charge in [-0.2, -0.15) is 0 Å². The number of anilines is 1. The smallest absolute Gasteiger partial charge is 0.251 e. The molecule has 1 aliphatic heterocycles. The Morgan fingerprint density at radius 2 is 1.87 bits per heavy atom. The number of nitrogens with zero attached hydrogens (tertiary/aromatic N) is 2. The Labute approximate surface area is 192 Å². The number of rotatable bonds is 7. The molecule has 0 unspecified atom stereocenters. The normalized spacial score (nSPS) is 20.5. The molecule has 31 heavy (non-hydrogen) atoms. The van der Waals surface area contributed by atoms with Crippen LogP contribution in [0.1, 0.15) is 43.7 Å². The van der Waals surface area contributed by atoms with E-state index in [1.54, 1.807) is 24.3 Å². The third-order valence-corrected chi connectivity index (χ3v) is 6.06. The molecular weight excluding hydrogens is 436 g/mol. The van der Waals surface area contributed by atoms with Gasteiger partial charge in [0.15, 0.2) is 5.13 Å². The third-order valence-electron chi connectivity index (χ3n) is 5.00. The second kappa shape index (κ2) is 10.5. The van der Waals surface area contributed by atoms with Crippen LogP contribution in [0.5, 0.6) is 0 Å². The van der Waals surface area contributed by atoms with E-state index in [0.717, 1.165) is 18.8 Å². The van der Waals surface area contributed by atoms with E-state index in [9.17, 15) is 9.59 Å². The van der Waals surface area contributed by atoms with Crippen molar-refractivity contribution in [3.8, 4) is 0 Å². The maximum atomic E-state index is 12.9. The van der Waals surface area contributed by atoms with Gasteiger partial charge in [-0.3, -0.25) is 14.5 Å². The number of aromatic nitrogens is 1. The highest BCUT2D eigenvalue weighted by atomic mass is 35.5. The molecule has 0 aliphatic carbocycles. The van der Waals surface area contributed by atoms with Gasteiger partial charge in [0.2, 0.25) is 5.91 Å². The van der Waals surface area contributed by atoms with E-state index >= 15 is 0 Å². The maximum Gasteiger partial charge on any atom is 0.251 e. The fraction of sp³-hybridized carbons (Fsp3) is 0.500. The molecule has 9 heteroatoms. The Balaban J connectivity index is 1.59. The van der Waals surface area contributed by atoms with E-state index in [0.29, 0.717) is 22.3 Å². The predicted molar refractivity (Wildman–Crippen MR) is 124 cm³/mol. The second-order valence-electron chi connectivity index (χ2n) is 8.29. The molecule has 3 atom stereocenters. The number of benzene rings is 1. The van der Waals surface area contributed by atoms with E-state index < -0.39 is 6.04 Å². The van der Waals surface area contributed by atoms with Crippen LogP contribution < -0.4 is 10.6 Å². The molecule has 2 N–H and O–H groups in total. The van der Waals surface area contributed by atoms with Crippen molar-refractivity contribution in [2.75, 3.05) is 18.4 Å². The van der Waals surface area contributed by atoms with E-state index in [1.807, 2.05) is 19.2 Å². The van der Waals surface area contributed by atoms with Crippen LogP contribution in [0.15, 0.2) is 29.6 Å². The van der Waals surface area contributed by atoms with Crippen molar-refractivity contribution in [3.63, 3.8) is 0 Å². The molecule has 3 rings (SSSR count). The van der Waals surface area contributed by atoms with Crippen molar-refractivity contribution in [1.82, 2.24) is 15.2 Å². The predicted octanol–water partition coefficient (Wildman–Crippen LogP) is 3.80. The van der Waals surface area contributed by atoms with Crippen LogP contribution >= 0.6 is 22.9 Å². The lowest BCUT2D eigenvalue weighted by Crippen LogP contribution is -2.47. The first kappa shape index (κ1) is 23.7. The number of thiazole rings is 1. The molecule has 0 saturated carbocycles. The molecule has 2 amide bonds. The molecule has 1 aromatic heterocycles. The van der Waals surface area contributed by atoms with E-state index in [2.05, 4.69) is 34.4 Å². The SMILES string of the molecule is CC(C)[C@@H](NC(=O)c1ccc(Cl)cc1)C(=O)Nc1nc(CN2C[C@@H](C)O[C@@H](C)C2)cs1. The summed E-state index contributed by atoms with van der Waals surface area (Å²) < 4.78 is 5.77. The summed E-state index contributed by atoms with van der Waals surface area (Å²) in [7, 11) is 0. The fourth-order valence-corrected chi connectivity index (χ4v) is 4.45. The van der Waals surface area contributed by atoms with E-state index in [4.69, 9.17) is 16.3 Å². The summed E-state index contributed by atoms with van der Waals surface area (Å²) in [6.45, 7) is 10.3. The average Bonchev–Trinajstić information content (AvgIpc) is 3.11. The topological polar surface area (TPSA) is 83.6 Å². The van der Waals surface area contributed by atoms with Crippen molar-refractivity contribution >= 4 is 39.9 Å². The number of nitrogens with one attached hydrogen (secondary N) is 2. The van der Waals surface area contributed by atoms with Gasteiger partial charge < -0.3 is 15.4 Å². The van der Waals surface area contributed by atoms with Crippen molar-refractivity contribution in [2.24, 2.45) is 5.92 Å². The molecule has 0 spiro atoms. The highest BCUT2D eigenvalue weighted by Crippen LogP contribution is 2.20. The highest BCUT2D eigenvalue weighted by Gasteiger charge is 2.26. The Bertz CT molecular complexity index is 892. The molecule has 0 bridgehead atoms. The zero-order valence-corrected chi connectivity index (χ0v) is 19.8. The summed E-state index contributed by atoms with van der Waals surface area (Å²) in [5, 5.41) is 8.70. The summed E-state index contributed by atoms with van der Waals surface area (Å²) in [6, 6.07) is 5.87. The van der Waals surface area contributed by atoms with Gasteiger partial charge in [0, 0.05) is 35.6 Å². The number of hydrogen-bond acceptors (Lipinski definition) is 6. The zero-order chi connectivity index (χ0) is 22.5. The number of halogens is 1. The van der Waals surface area contributed by atoms with Gasteiger partial charge in [0.05, 0.1) is 17.9 Å². The first-order valence-corrected chi connectivity index (χ1v) is 11.7. The monoisotopic (exact) mass is 464 g/mol.